The molecule has 1 amide bonds. The van der Waals surface area contributed by atoms with E-state index in [4.69, 9.17) is 4.74 Å². The SMILES string of the molecule is O=C(Cn1cc(C(F)(F)F)ccc1=O)NC1CCOc2ccccc21. The van der Waals surface area contributed by atoms with E-state index in [1.807, 2.05) is 18.2 Å². The van der Waals surface area contributed by atoms with Crippen LogP contribution in [-0.2, 0) is 17.5 Å². The van der Waals surface area contributed by atoms with Gasteiger partial charge in [-0.2, -0.15) is 13.2 Å². The number of aromatic nitrogens is 1. The first-order valence-electron chi connectivity index (χ1n) is 7.63. The first-order chi connectivity index (χ1) is 11.8. The minimum atomic E-state index is -4.58. The summed E-state index contributed by atoms with van der Waals surface area (Å²) in [7, 11) is 0. The molecule has 1 aliphatic heterocycles. The van der Waals surface area contributed by atoms with Crippen LogP contribution < -0.4 is 15.6 Å². The van der Waals surface area contributed by atoms with Crippen molar-refractivity contribution < 1.29 is 22.7 Å². The lowest BCUT2D eigenvalue weighted by Crippen LogP contribution is -2.36. The second kappa shape index (κ2) is 6.62. The molecule has 1 atom stereocenters. The fraction of sp³-hybridized carbons (Fsp3) is 0.294. The van der Waals surface area contributed by atoms with Crippen molar-refractivity contribution in [1.82, 2.24) is 9.88 Å². The Kier molecular flexibility index (Phi) is 4.52. The Hall–Kier alpha value is -2.77. The molecule has 0 saturated heterocycles. The smallest absolute Gasteiger partial charge is 0.417 e. The first-order valence-corrected chi connectivity index (χ1v) is 7.63. The van der Waals surface area contributed by atoms with Gasteiger partial charge in [0.1, 0.15) is 12.3 Å². The molecule has 25 heavy (non-hydrogen) atoms. The van der Waals surface area contributed by atoms with Gasteiger partial charge in [-0.1, -0.05) is 18.2 Å². The molecule has 0 fully saturated rings. The predicted molar refractivity (Wildman–Crippen MR) is 83.1 cm³/mol. The number of nitrogens with zero attached hydrogens (tertiary/aromatic N) is 1. The molecule has 3 rings (SSSR count). The van der Waals surface area contributed by atoms with Crippen LogP contribution in [0.15, 0.2) is 47.4 Å². The number of halogens is 3. The molecule has 1 aromatic heterocycles. The highest BCUT2D eigenvalue weighted by Crippen LogP contribution is 2.31. The second-order valence-corrected chi connectivity index (χ2v) is 5.68. The Labute approximate surface area is 141 Å². The van der Waals surface area contributed by atoms with Crippen molar-refractivity contribution in [2.45, 2.75) is 25.2 Å². The van der Waals surface area contributed by atoms with Crippen molar-refractivity contribution in [3.05, 3.63) is 64.1 Å². The molecule has 0 bridgehead atoms. The van der Waals surface area contributed by atoms with Crippen molar-refractivity contribution in [2.24, 2.45) is 0 Å². The van der Waals surface area contributed by atoms with Crippen molar-refractivity contribution >= 4 is 5.91 Å². The summed E-state index contributed by atoms with van der Waals surface area (Å²) in [6, 6.07) is 8.42. The van der Waals surface area contributed by atoms with Gasteiger partial charge in [0.05, 0.1) is 18.2 Å². The van der Waals surface area contributed by atoms with Gasteiger partial charge in [0, 0.05) is 24.2 Å². The molecule has 5 nitrogen and oxygen atoms in total. The lowest BCUT2D eigenvalue weighted by atomic mass is 10.0. The quantitative estimate of drug-likeness (QED) is 0.923. The number of ether oxygens (including phenoxy) is 1. The number of pyridine rings is 1. The Balaban J connectivity index is 1.75. The lowest BCUT2D eigenvalue weighted by molar-refractivity contribution is -0.138. The normalized spacial score (nSPS) is 16.7. The van der Waals surface area contributed by atoms with Gasteiger partial charge in [0.15, 0.2) is 0 Å². The minimum Gasteiger partial charge on any atom is -0.493 e. The average Bonchev–Trinajstić information content (AvgIpc) is 2.56. The van der Waals surface area contributed by atoms with E-state index in [1.165, 1.54) is 0 Å². The van der Waals surface area contributed by atoms with Crippen LogP contribution in [0.1, 0.15) is 23.6 Å². The van der Waals surface area contributed by atoms with E-state index in [2.05, 4.69) is 5.32 Å². The largest absolute Gasteiger partial charge is 0.493 e. The lowest BCUT2D eigenvalue weighted by Gasteiger charge is -2.26. The third-order valence-electron chi connectivity index (χ3n) is 3.92. The maximum Gasteiger partial charge on any atom is 0.417 e. The van der Waals surface area contributed by atoms with Crippen molar-refractivity contribution in [1.29, 1.82) is 0 Å². The minimum absolute atomic E-state index is 0.307. The standard InChI is InChI=1S/C17H15F3N2O3/c18-17(19,20)11-5-6-16(24)22(9-11)10-15(23)21-13-7-8-25-14-4-2-1-3-12(13)14/h1-6,9,13H,7-8,10H2,(H,21,23). The number of fused-ring (bicyclic) bond motifs is 1. The fourth-order valence-corrected chi connectivity index (χ4v) is 2.71. The maximum atomic E-state index is 12.7. The van der Waals surface area contributed by atoms with E-state index < -0.39 is 29.8 Å². The molecule has 2 heterocycles. The summed E-state index contributed by atoms with van der Waals surface area (Å²) in [4.78, 5) is 23.9. The van der Waals surface area contributed by atoms with Gasteiger partial charge in [-0.25, -0.2) is 0 Å². The summed E-state index contributed by atoms with van der Waals surface area (Å²) < 4.78 is 44.5. The molecule has 8 heteroatoms. The Bertz CT molecular complexity index is 846. The zero-order chi connectivity index (χ0) is 18.0. The van der Waals surface area contributed by atoms with E-state index >= 15 is 0 Å². The van der Waals surface area contributed by atoms with E-state index in [-0.39, 0.29) is 6.04 Å². The van der Waals surface area contributed by atoms with Gasteiger partial charge >= 0.3 is 6.18 Å². The molecular formula is C17H15F3N2O3. The number of para-hydroxylation sites is 1. The van der Waals surface area contributed by atoms with Gasteiger partial charge in [0.25, 0.3) is 5.56 Å². The van der Waals surface area contributed by atoms with Gasteiger partial charge < -0.3 is 14.6 Å². The predicted octanol–water partition coefficient (Wildman–Crippen LogP) is 2.51. The zero-order valence-corrected chi connectivity index (χ0v) is 13.0. The van der Waals surface area contributed by atoms with E-state index in [0.717, 1.165) is 16.2 Å². The van der Waals surface area contributed by atoms with Crippen molar-refractivity contribution in [3.8, 4) is 5.75 Å². The number of benzene rings is 1. The van der Waals surface area contributed by atoms with Gasteiger partial charge in [-0.3, -0.25) is 9.59 Å². The molecule has 132 valence electrons. The highest BCUT2D eigenvalue weighted by atomic mass is 19.4. The van der Waals surface area contributed by atoms with Crippen molar-refractivity contribution in [3.63, 3.8) is 0 Å². The van der Waals surface area contributed by atoms with Crippen molar-refractivity contribution in [2.75, 3.05) is 6.61 Å². The van der Waals surface area contributed by atoms with Crippen LogP contribution in [0.25, 0.3) is 0 Å². The summed E-state index contributed by atoms with van der Waals surface area (Å²) in [5, 5.41) is 2.75. The van der Waals surface area contributed by atoms with Crippen LogP contribution in [-0.4, -0.2) is 17.1 Å². The number of hydrogen-bond donors (Lipinski definition) is 1. The van der Waals surface area contributed by atoms with E-state index in [0.29, 0.717) is 31.0 Å². The Morgan fingerprint density at radius 2 is 2.00 bits per heavy atom. The molecule has 1 aromatic carbocycles. The topological polar surface area (TPSA) is 60.3 Å². The summed E-state index contributed by atoms with van der Waals surface area (Å²) in [6.07, 6.45) is -3.38. The van der Waals surface area contributed by atoms with Crippen LogP contribution in [0.3, 0.4) is 0 Å². The average molecular weight is 352 g/mol. The van der Waals surface area contributed by atoms with Gasteiger partial charge in [-0.15, -0.1) is 0 Å². The second-order valence-electron chi connectivity index (χ2n) is 5.68. The molecule has 0 aliphatic carbocycles. The van der Waals surface area contributed by atoms with Crippen LogP contribution in [0.4, 0.5) is 13.2 Å². The molecule has 0 spiro atoms. The summed E-state index contributed by atoms with van der Waals surface area (Å²) >= 11 is 0. The fourth-order valence-electron chi connectivity index (χ4n) is 2.71. The van der Waals surface area contributed by atoms with E-state index in [1.54, 1.807) is 6.07 Å². The molecule has 0 saturated carbocycles. The molecule has 1 unspecified atom stereocenters. The van der Waals surface area contributed by atoms with Crippen LogP contribution in [0, 0.1) is 0 Å². The maximum absolute atomic E-state index is 12.7. The first kappa shape index (κ1) is 17.1. The molecule has 1 aliphatic rings. The van der Waals surface area contributed by atoms with Crippen LogP contribution >= 0.6 is 0 Å². The third-order valence-corrected chi connectivity index (χ3v) is 3.92. The van der Waals surface area contributed by atoms with Gasteiger partial charge in [-0.05, 0) is 12.1 Å². The number of amides is 1. The number of carbonyl (C=O) groups excluding carboxylic acids is 1. The highest BCUT2D eigenvalue weighted by molar-refractivity contribution is 5.76. The number of alkyl halides is 3. The van der Waals surface area contributed by atoms with Gasteiger partial charge in [0.2, 0.25) is 5.91 Å². The van der Waals surface area contributed by atoms with Crippen LogP contribution in [0.5, 0.6) is 5.75 Å². The Morgan fingerprint density at radius 3 is 2.76 bits per heavy atom. The number of nitrogens with one attached hydrogen (secondary N) is 1. The number of hydrogen-bond acceptors (Lipinski definition) is 3. The zero-order valence-electron chi connectivity index (χ0n) is 13.0. The summed E-state index contributed by atoms with van der Waals surface area (Å²) in [5.74, 6) is 0.124. The van der Waals surface area contributed by atoms with Crippen LogP contribution in [0.2, 0.25) is 0 Å². The molecule has 1 N–H and O–H groups in total. The van der Waals surface area contributed by atoms with E-state index in [9.17, 15) is 22.8 Å². The number of rotatable bonds is 3. The number of carbonyl (C=O) groups is 1. The summed E-state index contributed by atoms with van der Waals surface area (Å²) in [6.45, 7) is -0.0618. The highest BCUT2D eigenvalue weighted by Gasteiger charge is 2.31. The third kappa shape index (κ3) is 3.84. The summed E-state index contributed by atoms with van der Waals surface area (Å²) in [5.41, 5.74) is -0.842. The molecule has 0 radical (unpaired) electrons. The molecule has 2 aromatic rings. The molecular weight excluding hydrogens is 337 g/mol. The monoisotopic (exact) mass is 352 g/mol. The Morgan fingerprint density at radius 1 is 1.24 bits per heavy atom.